The first-order chi connectivity index (χ1) is 8.47. The zero-order valence-corrected chi connectivity index (χ0v) is 10.5. The monoisotopic (exact) mass is 277 g/mol. The number of hydrogen-bond acceptors (Lipinski definition) is 3. The van der Waals surface area contributed by atoms with Crippen LogP contribution in [0.3, 0.4) is 0 Å². The summed E-state index contributed by atoms with van der Waals surface area (Å²) in [6.07, 6.45) is -2.65. The fourth-order valence-electron chi connectivity index (χ4n) is 1.84. The molecule has 0 aromatic heterocycles. The minimum Gasteiger partial charge on any atom is -0.398 e. The van der Waals surface area contributed by atoms with Gasteiger partial charge >= 0.3 is 6.18 Å². The number of anilines is 1. The second-order valence-electron chi connectivity index (χ2n) is 4.18. The highest BCUT2D eigenvalue weighted by Crippen LogP contribution is 2.38. The molecule has 0 bridgehead atoms. The predicted octanol–water partition coefficient (Wildman–Crippen LogP) is 3.56. The summed E-state index contributed by atoms with van der Waals surface area (Å²) in [5.74, 6) is 0. The minimum atomic E-state index is -4.39. The lowest BCUT2D eigenvalue weighted by Gasteiger charge is -2.22. The van der Waals surface area contributed by atoms with Gasteiger partial charge < -0.3 is 10.5 Å². The molecule has 1 heterocycles. The van der Waals surface area contributed by atoms with Crippen molar-refractivity contribution in [3.05, 3.63) is 23.8 Å². The van der Waals surface area contributed by atoms with E-state index in [1.54, 1.807) is 6.07 Å². The summed E-state index contributed by atoms with van der Waals surface area (Å²) < 4.78 is 43.3. The third kappa shape index (κ3) is 3.32. The number of alkyl halides is 3. The van der Waals surface area contributed by atoms with Crippen LogP contribution in [-0.4, -0.2) is 18.5 Å². The molecule has 1 aliphatic heterocycles. The van der Waals surface area contributed by atoms with Gasteiger partial charge in [-0.2, -0.15) is 13.2 Å². The number of hydrogen-bond donors (Lipinski definition) is 1. The van der Waals surface area contributed by atoms with Gasteiger partial charge in [-0.05, 0) is 31.0 Å². The summed E-state index contributed by atoms with van der Waals surface area (Å²) >= 11 is 1.47. The number of benzene rings is 1. The van der Waals surface area contributed by atoms with Crippen LogP contribution in [0.2, 0.25) is 0 Å². The van der Waals surface area contributed by atoms with Crippen LogP contribution in [0, 0.1) is 0 Å². The average molecular weight is 277 g/mol. The van der Waals surface area contributed by atoms with E-state index in [0.29, 0.717) is 23.4 Å². The van der Waals surface area contributed by atoms with E-state index in [2.05, 4.69) is 0 Å². The van der Waals surface area contributed by atoms with Gasteiger partial charge in [0.15, 0.2) is 0 Å². The number of ether oxygens (including phenoxy) is 1. The molecule has 2 rings (SSSR count). The van der Waals surface area contributed by atoms with Gasteiger partial charge in [-0.15, -0.1) is 11.8 Å². The topological polar surface area (TPSA) is 35.2 Å². The fourth-order valence-corrected chi connectivity index (χ4v) is 2.99. The second kappa shape index (κ2) is 5.40. The standard InChI is InChI=1S/C12H14F3NOS/c13-12(14,15)10-7-9(1-2-11(10)16)18-8-3-5-17-6-4-8/h1-2,7-8H,3-6,16H2. The van der Waals surface area contributed by atoms with Crippen LogP contribution in [0.15, 0.2) is 23.1 Å². The quantitative estimate of drug-likeness (QED) is 0.839. The van der Waals surface area contributed by atoms with Gasteiger partial charge in [0.1, 0.15) is 0 Å². The first kappa shape index (κ1) is 13.5. The summed E-state index contributed by atoms with van der Waals surface area (Å²) in [6, 6.07) is 4.10. The Kier molecular flexibility index (Phi) is 4.07. The van der Waals surface area contributed by atoms with E-state index in [1.165, 1.54) is 17.8 Å². The van der Waals surface area contributed by atoms with Crippen LogP contribution >= 0.6 is 11.8 Å². The summed E-state index contributed by atoms with van der Waals surface area (Å²) in [6.45, 7) is 1.36. The van der Waals surface area contributed by atoms with Crippen molar-refractivity contribution in [1.82, 2.24) is 0 Å². The lowest BCUT2D eigenvalue weighted by atomic mass is 10.2. The first-order valence-electron chi connectivity index (χ1n) is 5.68. The molecule has 0 saturated carbocycles. The van der Waals surface area contributed by atoms with Gasteiger partial charge in [0.05, 0.1) is 5.56 Å². The molecule has 6 heteroatoms. The molecular formula is C12H14F3NOS. The Hall–Kier alpha value is -0.880. The van der Waals surface area contributed by atoms with Crippen molar-refractivity contribution < 1.29 is 17.9 Å². The van der Waals surface area contributed by atoms with E-state index in [9.17, 15) is 13.2 Å². The van der Waals surface area contributed by atoms with E-state index in [4.69, 9.17) is 10.5 Å². The van der Waals surface area contributed by atoms with E-state index in [1.807, 2.05) is 0 Å². The maximum atomic E-state index is 12.7. The van der Waals surface area contributed by atoms with Crippen LogP contribution in [0.25, 0.3) is 0 Å². The van der Waals surface area contributed by atoms with E-state index in [0.717, 1.165) is 18.9 Å². The zero-order chi connectivity index (χ0) is 13.2. The van der Waals surface area contributed by atoms with Crippen LogP contribution < -0.4 is 5.73 Å². The summed E-state index contributed by atoms with van der Waals surface area (Å²) in [5, 5.41) is 0.323. The lowest BCUT2D eigenvalue weighted by molar-refractivity contribution is -0.137. The molecular weight excluding hydrogens is 263 g/mol. The Labute approximate surface area is 108 Å². The van der Waals surface area contributed by atoms with Crippen molar-refractivity contribution >= 4 is 17.4 Å². The molecule has 0 spiro atoms. The molecule has 100 valence electrons. The fraction of sp³-hybridized carbons (Fsp3) is 0.500. The van der Waals surface area contributed by atoms with Crippen LogP contribution in [-0.2, 0) is 10.9 Å². The third-order valence-electron chi connectivity index (χ3n) is 2.80. The summed E-state index contributed by atoms with van der Waals surface area (Å²) in [7, 11) is 0. The summed E-state index contributed by atoms with van der Waals surface area (Å²) in [4.78, 5) is 0.614. The predicted molar refractivity (Wildman–Crippen MR) is 65.6 cm³/mol. The van der Waals surface area contributed by atoms with Gasteiger partial charge in [-0.1, -0.05) is 0 Å². The molecule has 0 amide bonds. The van der Waals surface area contributed by atoms with Gasteiger partial charge in [-0.25, -0.2) is 0 Å². The molecule has 2 nitrogen and oxygen atoms in total. The molecule has 0 unspecified atom stereocenters. The Balaban J connectivity index is 2.14. The van der Waals surface area contributed by atoms with Crippen molar-refractivity contribution in [2.45, 2.75) is 29.2 Å². The van der Waals surface area contributed by atoms with Crippen molar-refractivity contribution in [3.63, 3.8) is 0 Å². The molecule has 0 atom stereocenters. The Morgan fingerprint density at radius 2 is 1.89 bits per heavy atom. The molecule has 18 heavy (non-hydrogen) atoms. The highest BCUT2D eigenvalue weighted by Gasteiger charge is 2.33. The largest absolute Gasteiger partial charge is 0.418 e. The molecule has 2 N–H and O–H groups in total. The molecule has 0 aliphatic carbocycles. The molecule has 1 fully saturated rings. The Bertz CT molecular complexity index is 416. The SMILES string of the molecule is Nc1ccc(SC2CCOCC2)cc1C(F)(F)F. The molecule has 1 aromatic rings. The lowest BCUT2D eigenvalue weighted by Crippen LogP contribution is -2.17. The van der Waals surface area contributed by atoms with Crippen LogP contribution in [0.5, 0.6) is 0 Å². The zero-order valence-electron chi connectivity index (χ0n) is 9.67. The Morgan fingerprint density at radius 3 is 2.50 bits per heavy atom. The smallest absolute Gasteiger partial charge is 0.398 e. The van der Waals surface area contributed by atoms with Crippen LogP contribution in [0.4, 0.5) is 18.9 Å². The molecule has 1 aromatic carbocycles. The van der Waals surface area contributed by atoms with Crippen molar-refractivity contribution in [2.24, 2.45) is 0 Å². The van der Waals surface area contributed by atoms with Gasteiger partial charge in [0, 0.05) is 29.0 Å². The second-order valence-corrected chi connectivity index (χ2v) is 5.55. The molecule has 0 radical (unpaired) electrons. The van der Waals surface area contributed by atoms with Crippen molar-refractivity contribution in [2.75, 3.05) is 18.9 Å². The van der Waals surface area contributed by atoms with E-state index in [-0.39, 0.29) is 5.69 Å². The Morgan fingerprint density at radius 1 is 1.22 bits per heavy atom. The highest BCUT2D eigenvalue weighted by atomic mass is 32.2. The minimum absolute atomic E-state index is 0.223. The average Bonchev–Trinajstić information content (AvgIpc) is 2.31. The van der Waals surface area contributed by atoms with E-state index < -0.39 is 11.7 Å². The third-order valence-corrected chi connectivity index (χ3v) is 4.13. The maximum absolute atomic E-state index is 12.7. The number of nitrogens with two attached hydrogens (primary N) is 1. The van der Waals surface area contributed by atoms with Crippen molar-refractivity contribution in [1.29, 1.82) is 0 Å². The van der Waals surface area contributed by atoms with Gasteiger partial charge in [-0.3, -0.25) is 0 Å². The van der Waals surface area contributed by atoms with Crippen molar-refractivity contribution in [3.8, 4) is 0 Å². The normalized spacial score (nSPS) is 17.9. The first-order valence-corrected chi connectivity index (χ1v) is 6.56. The van der Waals surface area contributed by atoms with Gasteiger partial charge in [0.25, 0.3) is 0 Å². The highest BCUT2D eigenvalue weighted by molar-refractivity contribution is 8.00. The number of thioether (sulfide) groups is 1. The number of rotatable bonds is 2. The number of nitrogen functional groups attached to an aromatic ring is 1. The molecule has 1 saturated heterocycles. The maximum Gasteiger partial charge on any atom is 0.418 e. The number of halogens is 3. The molecule has 1 aliphatic rings. The summed E-state index contributed by atoms with van der Waals surface area (Å²) in [5.41, 5.74) is 4.39. The van der Waals surface area contributed by atoms with Gasteiger partial charge in [0.2, 0.25) is 0 Å². The van der Waals surface area contributed by atoms with E-state index >= 15 is 0 Å². The van der Waals surface area contributed by atoms with Crippen LogP contribution in [0.1, 0.15) is 18.4 Å².